The third-order valence-corrected chi connectivity index (χ3v) is 7.31. The molecule has 0 bridgehead atoms. The van der Waals surface area contributed by atoms with Crippen molar-refractivity contribution < 1.29 is 13.2 Å². The fourth-order valence-corrected chi connectivity index (χ4v) is 5.37. The second-order valence-corrected chi connectivity index (χ2v) is 10.2. The molecule has 13 heteroatoms. The second-order valence-electron chi connectivity index (χ2n) is 6.62. The third-order valence-electron chi connectivity index (χ3n) is 4.83. The lowest BCUT2D eigenvalue weighted by atomic mass is 10.1. The molecule has 0 radical (unpaired) electrons. The highest BCUT2D eigenvalue weighted by Gasteiger charge is 2.32. The van der Waals surface area contributed by atoms with Crippen molar-refractivity contribution in [3.8, 4) is 5.69 Å². The summed E-state index contributed by atoms with van der Waals surface area (Å²) in [6.45, 7) is 2.80. The lowest BCUT2D eigenvalue weighted by molar-refractivity contribution is 0.147. The SMILES string of the molecule is CCN(C(=O)n1nnn(-c2c(Cl)cccc2I)c1=O)C1CCN(S(C)(=O)=O)CC1. The van der Waals surface area contributed by atoms with Crippen molar-refractivity contribution in [2.75, 3.05) is 25.9 Å². The molecule has 0 unspecified atom stereocenters. The van der Waals surface area contributed by atoms with E-state index in [0.717, 1.165) is 4.68 Å². The molecule has 158 valence electrons. The maximum absolute atomic E-state index is 13.0. The van der Waals surface area contributed by atoms with Gasteiger partial charge in [0.15, 0.2) is 0 Å². The Morgan fingerprint density at radius 3 is 2.52 bits per heavy atom. The summed E-state index contributed by atoms with van der Waals surface area (Å²) in [6, 6.07) is 4.35. The number of sulfonamides is 1. The van der Waals surface area contributed by atoms with Crippen LogP contribution in [-0.4, -0.2) is 75.4 Å². The highest BCUT2D eigenvalue weighted by Crippen LogP contribution is 2.24. The number of carbonyl (C=O) groups is 1. The zero-order valence-electron chi connectivity index (χ0n) is 15.8. The van der Waals surface area contributed by atoms with Gasteiger partial charge in [0.05, 0.1) is 11.3 Å². The van der Waals surface area contributed by atoms with Crippen LogP contribution >= 0.6 is 34.2 Å². The standard InChI is InChI=1S/C16H20ClIN6O4S/c1-3-22(11-7-9-21(10-8-11)29(2,27)28)15(25)24-16(26)23(19-20-24)14-12(17)5-4-6-13(14)18/h4-6,11H,3,7-10H2,1-2H3. The quantitative estimate of drug-likeness (QED) is 0.417. The average molecular weight is 555 g/mol. The molecule has 0 atom stereocenters. The van der Waals surface area contributed by atoms with E-state index < -0.39 is 21.7 Å². The summed E-state index contributed by atoms with van der Waals surface area (Å²) in [5, 5.41) is 7.90. The molecule has 1 aliphatic rings. The number of hydrogen-bond acceptors (Lipinski definition) is 6. The molecule has 3 rings (SSSR count). The van der Waals surface area contributed by atoms with E-state index in [2.05, 4.69) is 10.4 Å². The van der Waals surface area contributed by atoms with Crippen molar-refractivity contribution in [1.29, 1.82) is 0 Å². The van der Waals surface area contributed by atoms with Gasteiger partial charge in [0.25, 0.3) is 0 Å². The minimum absolute atomic E-state index is 0.192. The molecule has 2 aromatic rings. The minimum atomic E-state index is -3.26. The first-order valence-corrected chi connectivity index (χ1v) is 12.2. The van der Waals surface area contributed by atoms with Crippen LogP contribution in [0.1, 0.15) is 19.8 Å². The highest BCUT2D eigenvalue weighted by atomic mass is 127. The Kier molecular flexibility index (Phi) is 6.65. The molecule has 10 nitrogen and oxygen atoms in total. The molecule has 1 amide bonds. The van der Waals surface area contributed by atoms with Crippen LogP contribution in [0.25, 0.3) is 5.69 Å². The van der Waals surface area contributed by atoms with Gasteiger partial charge in [-0.15, -0.1) is 4.68 Å². The molecule has 0 spiro atoms. The van der Waals surface area contributed by atoms with Gasteiger partial charge in [-0.3, -0.25) is 0 Å². The number of aromatic nitrogens is 4. The molecular weight excluding hydrogens is 535 g/mol. The maximum atomic E-state index is 13.0. The predicted molar refractivity (Wildman–Crippen MR) is 116 cm³/mol. The Balaban J connectivity index is 1.85. The number of carbonyl (C=O) groups excluding carboxylic acids is 1. The second kappa shape index (κ2) is 8.70. The van der Waals surface area contributed by atoms with Crippen molar-refractivity contribution in [3.63, 3.8) is 0 Å². The first-order valence-electron chi connectivity index (χ1n) is 8.90. The number of tetrazole rings is 1. The highest BCUT2D eigenvalue weighted by molar-refractivity contribution is 14.1. The van der Waals surface area contributed by atoms with Gasteiger partial charge in [0, 0.05) is 29.2 Å². The number of halogens is 2. The summed E-state index contributed by atoms with van der Waals surface area (Å²) >= 11 is 8.22. The van der Waals surface area contributed by atoms with Gasteiger partial charge in [-0.25, -0.2) is 22.3 Å². The van der Waals surface area contributed by atoms with Gasteiger partial charge < -0.3 is 4.90 Å². The first kappa shape index (κ1) is 22.2. The van der Waals surface area contributed by atoms with Gasteiger partial charge in [-0.1, -0.05) is 17.7 Å². The fourth-order valence-electron chi connectivity index (χ4n) is 3.35. The molecule has 1 aromatic heterocycles. The number of para-hydroxylation sites is 1. The summed E-state index contributed by atoms with van der Waals surface area (Å²) in [5.74, 6) is 0. The molecule has 0 aliphatic carbocycles. The molecule has 1 aromatic carbocycles. The van der Waals surface area contributed by atoms with Gasteiger partial charge in [-0.2, -0.15) is 4.68 Å². The Morgan fingerprint density at radius 1 is 1.31 bits per heavy atom. The van der Waals surface area contributed by atoms with E-state index in [1.807, 2.05) is 22.6 Å². The van der Waals surface area contributed by atoms with Gasteiger partial charge in [0.1, 0.15) is 5.69 Å². The van der Waals surface area contributed by atoms with Gasteiger partial charge in [0.2, 0.25) is 10.0 Å². The smallest absolute Gasteiger partial charge is 0.320 e. The van der Waals surface area contributed by atoms with Crippen LogP contribution < -0.4 is 5.69 Å². The molecule has 0 saturated carbocycles. The summed E-state index contributed by atoms with van der Waals surface area (Å²) < 4.78 is 27.2. The largest absolute Gasteiger partial charge is 0.377 e. The van der Waals surface area contributed by atoms with Crippen molar-refractivity contribution in [3.05, 3.63) is 37.3 Å². The molecule has 1 aliphatic heterocycles. The molecule has 1 saturated heterocycles. The maximum Gasteiger partial charge on any atom is 0.377 e. The van der Waals surface area contributed by atoms with Crippen LogP contribution in [0.15, 0.2) is 23.0 Å². The van der Waals surface area contributed by atoms with Crippen molar-refractivity contribution in [1.82, 2.24) is 29.0 Å². The van der Waals surface area contributed by atoms with E-state index in [4.69, 9.17) is 11.6 Å². The predicted octanol–water partition coefficient (Wildman–Crippen LogP) is 1.40. The number of hydrogen-bond donors (Lipinski definition) is 0. The summed E-state index contributed by atoms with van der Waals surface area (Å²) in [6.07, 6.45) is 2.14. The van der Waals surface area contributed by atoms with E-state index in [-0.39, 0.29) is 6.04 Å². The fraction of sp³-hybridized carbons (Fsp3) is 0.500. The number of nitrogens with zero attached hydrogens (tertiary/aromatic N) is 6. The third kappa shape index (κ3) is 4.49. The van der Waals surface area contributed by atoms with Crippen molar-refractivity contribution in [2.24, 2.45) is 0 Å². The average Bonchev–Trinajstić information content (AvgIpc) is 3.03. The van der Waals surface area contributed by atoms with Crippen LogP contribution in [0.5, 0.6) is 0 Å². The number of piperidine rings is 1. The zero-order valence-corrected chi connectivity index (χ0v) is 19.6. The van der Waals surface area contributed by atoms with E-state index in [9.17, 15) is 18.0 Å². The summed E-state index contributed by atoms with van der Waals surface area (Å²) in [7, 11) is -3.26. The topological polar surface area (TPSA) is 110 Å². The monoisotopic (exact) mass is 554 g/mol. The summed E-state index contributed by atoms with van der Waals surface area (Å²) in [4.78, 5) is 27.3. The zero-order chi connectivity index (χ0) is 21.3. The normalized spacial score (nSPS) is 16.1. The molecule has 0 N–H and O–H groups in total. The lowest BCUT2D eigenvalue weighted by Crippen LogP contribution is -2.51. The van der Waals surface area contributed by atoms with Crippen LogP contribution in [-0.2, 0) is 10.0 Å². The lowest BCUT2D eigenvalue weighted by Gasteiger charge is -2.36. The van der Waals surface area contributed by atoms with E-state index in [0.29, 0.717) is 51.4 Å². The van der Waals surface area contributed by atoms with Crippen molar-refractivity contribution >= 4 is 50.2 Å². The van der Waals surface area contributed by atoms with E-state index in [1.54, 1.807) is 25.1 Å². The van der Waals surface area contributed by atoms with Crippen molar-refractivity contribution in [2.45, 2.75) is 25.8 Å². The van der Waals surface area contributed by atoms with Gasteiger partial charge in [-0.05, 0) is 64.9 Å². The Hall–Kier alpha value is -1.51. The van der Waals surface area contributed by atoms with Crippen LogP contribution in [0.4, 0.5) is 4.79 Å². The molecule has 29 heavy (non-hydrogen) atoms. The molecular formula is C16H20ClIN6O4S. The number of amides is 1. The first-order chi connectivity index (χ1) is 13.6. The minimum Gasteiger partial charge on any atom is -0.320 e. The van der Waals surface area contributed by atoms with Crippen LogP contribution in [0.3, 0.4) is 0 Å². The van der Waals surface area contributed by atoms with E-state index >= 15 is 0 Å². The van der Waals surface area contributed by atoms with Crippen LogP contribution in [0, 0.1) is 3.57 Å². The number of benzene rings is 1. The molecule has 1 fully saturated rings. The number of rotatable bonds is 4. The Bertz CT molecular complexity index is 1060. The van der Waals surface area contributed by atoms with E-state index in [1.165, 1.54) is 15.5 Å². The summed E-state index contributed by atoms with van der Waals surface area (Å²) in [5.41, 5.74) is -0.351. The Labute approximate surface area is 186 Å². The molecule has 2 heterocycles. The van der Waals surface area contributed by atoms with Gasteiger partial charge >= 0.3 is 11.7 Å². The van der Waals surface area contributed by atoms with Crippen LogP contribution in [0.2, 0.25) is 5.02 Å². The Morgan fingerprint density at radius 2 is 1.97 bits per heavy atom.